The predicted octanol–water partition coefficient (Wildman–Crippen LogP) is 5.08. The summed E-state index contributed by atoms with van der Waals surface area (Å²) in [6, 6.07) is 8.60. The van der Waals surface area contributed by atoms with E-state index in [-0.39, 0.29) is 6.09 Å². The molecule has 2 fully saturated rings. The van der Waals surface area contributed by atoms with Gasteiger partial charge in [0.05, 0.1) is 5.71 Å². The number of nitrogens with zero attached hydrogens (tertiary/aromatic N) is 2. The summed E-state index contributed by atoms with van der Waals surface area (Å²) in [4.78, 5) is 18.9. The second-order valence-corrected chi connectivity index (χ2v) is 7.04. The van der Waals surface area contributed by atoms with Crippen LogP contribution in [0.5, 0.6) is 0 Å². The zero-order valence-corrected chi connectivity index (χ0v) is 14.7. The molecule has 1 saturated heterocycles. The third kappa shape index (κ3) is 4.37. The summed E-state index contributed by atoms with van der Waals surface area (Å²) < 4.78 is 0. The van der Waals surface area contributed by atoms with E-state index < -0.39 is 0 Å². The molecule has 1 aromatic carbocycles. The second-order valence-electron chi connectivity index (χ2n) is 7.04. The van der Waals surface area contributed by atoms with Crippen molar-refractivity contribution >= 4 is 11.8 Å². The van der Waals surface area contributed by atoms with Crippen molar-refractivity contribution in [3.05, 3.63) is 35.4 Å². The van der Waals surface area contributed by atoms with Crippen LogP contribution in [0.3, 0.4) is 0 Å². The Kier molecular flexibility index (Phi) is 5.89. The largest absolute Gasteiger partial charge is 0.435 e. The van der Waals surface area contributed by atoms with E-state index in [1.165, 1.54) is 44.1 Å². The van der Waals surface area contributed by atoms with Crippen LogP contribution in [0, 0.1) is 0 Å². The topological polar surface area (TPSA) is 41.9 Å². The Labute approximate surface area is 144 Å². The fraction of sp³-hybridized carbons (Fsp3) is 0.600. The highest BCUT2D eigenvalue weighted by Gasteiger charge is 2.18. The van der Waals surface area contributed by atoms with Crippen molar-refractivity contribution < 1.29 is 9.63 Å². The maximum atomic E-state index is 12.0. The van der Waals surface area contributed by atoms with Crippen molar-refractivity contribution in [1.82, 2.24) is 4.90 Å². The number of benzene rings is 1. The van der Waals surface area contributed by atoms with Crippen molar-refractivity contribution in [2.75, 3.05) is 13.1 Å². The lowest BCUT2D eigenvalue weighted by atomic mass is 9.84. The normalized spacial score (nSPS) is 20.0. The number of likely N-dealkylation sites (tertiary alicyclic amines) is 1. The number of hydrogen-bond acceptors (Lipinski definition) is 3. The Bertz CT molecular complexity index is 568. The lowest BCUT2D eigenvalue weighted by Crippen LogP contribution is -2.35. The number of hydrogen-bond donors (Lipinski definition) is 0. The van der Waals surface area contributed by atoms with E-state index in [4.69, 9.17) is 4.84 Å². The van der Waals surface area contributed by atoms with Gasteiger partial charge in [-0.05, 0) is 56.1 Å². The smallest absolute Gasteiger partial charge is 0.306 e. The average Bonchev–Trinajstić information content (AvgIpc) is 2.67. The molecule has 0 radical (unpaired) electrons. The van der Waals surface area contributed by atoms with Gasteiger partial charge in [0.15, 0.2) is 0 Å². The van der Waals surface area contributed by atoms with Crippen molar-refractivity contribution in [1.29, 1.82) is 0 Å². The fourth-order valence-electron chi connectivity index (χ4n) is 3.73. The van der Waals surface area contributed by atoms with E-state index in [0.717, 1.165) is 37.2 Å². The molecule has 1 aromatic rings. The summed E-state index contributed by atoms with van der Waals surface area (Å²) in [5.41, 5.74) is 3.19. The van der Waals surface area contributed by atoms with E-state index in [1.807, 2.05) is 6.92 Å². The first-order chi connectivity index (χ1) is 11.7. The molecule has 1 amide bonds. The van der Waals surface area contributed by atoms with Crippen LogP contribution in [-0.2, 0) is 4.84 Å². The highest BCUT2D eigenvalue weighted by molar-refractivity contribution is 5.98. The third-order valence-corrected chi connectivity index (χ3v) is 5.28. The molecule has 1 heterocycles. The lowest BCUT2D eigenvalue weighted by molar-refractivity contribution is 0.0982. The van der Waals surface area contributed by atoms with Crippen LogP contribution in [0.15, 0.2) is 29.4 Å². The molecule has 1 aliphatic heterocycles. The highest BCUT2D eigenvalue weighted by atomic mass is 16.7. The minimum absolute atomic E-state index is 0.326. The molecule has 4 nitrogen and oxygen atoms in total. The van der Waals surface area contributed by atoms with E-state index >= 15 is 0 Å². The molecule has 0 unspecified atom stereocenters. The zero-order valence-electron chi connectivity index (χ0n) is 14.7. The Hall–Kier alpha value is -1.84. The highest BCUT2D eigenvalue weighted by Crippen LogP contribution is 2.32. The maximum Gasteiger partial charge on any atom is 0.435 e. The summed E-state index contributed by atoms with van der Waals surface area (Å²) in [7, 11) is 0. The minimum Gasteiger partial charge on any atom is -0.306 e. The van der Waals surface area contributed by atoms with Crippen molar-refractivity contribution in [2.45, 2.75) is 64.2 Å². The van der Waals surface area contributed by atoms with Crippen LogP contribution in [-0.4, -0.2) is 29.8 Å². The number of rotatable bonds is 3. The molecule has 0 bridgehead atoms. The molecule has 4 heteroatoms. The Morgan fingerprint density at radius 1 is 1.00 bits per heavy atom. The quantitative estimate of drug-likeness (QED) is 0.441. The number of carbonyl (C=O) groups excluding carboxylic acids is 1. The van der Waals surface area contributed by atoms with E-state index in [9.17, 15) is 4.79 Å². The molecule has 0 atom stereocenters. The van der Waals surface area contributed by atoms with Crippen LogP contribution in [0.1, 0.15) is 75.3 Å². The van der Waals surface area contributed by atoms with Crippen LogP contribution in [0.4, 0.5) is 4.79 Å². The second kappa shape index (κ2) is 8.32. The number of piperidine rings is 1. The zero-order chi connectivity index (χ0) is 16.8. The standard InChI is InChI=1S/C20H28N2O2/c1-16(21-24-20(23)22-14-6-3-7-15-22)17-10-12-19(13-11-17)18-8-4-2-5-9-18/h10-13,18H,2-9,14-15H2,1H3. The molecule has 0 N–H and O–H groups in total. The molecule has 24 heavy (non-hydrogen) atoms. The Morgan fingerprint density at radius 3 is 2.29 bits per heavy atom. The maximum absolute atomic E-state index is 12.0. The van der Waals surface area contributed by atoms with Crippen molar-refractivity contribution in [3.63, 3.8) is 0 Å². The first kappa shape index (κ1) is 17.0. The van der Waals surface area contributed by atoms with Gasteiger partial charge in [-0.1, -0.05) is 48.7 Å². The van der Waals surface area contributed by atoms with Gasteiger partial charge < -0.3 is 4.90 Å². The van der Waals surface area contributed by atoms with Crippen LogP contribution in [0.25, 0.3) is 0 Å². The SMILES string of the molecule is CC(=NOC(=O)N1CCCCC1)c1ccc(C2CCCCC2)cc1. The molecule has 130 valence electrons. The third-order valence-electron chi connectivity index (χ3n) is 5.28. The molecule has 2 aliphatic rings. The van der Waals surface area contributed by atoms with Gasteiger partial charge in [-0.2, -0.15) is 0 Å². The van der Waals surface area contributed by atoms with Gasteiger partial charge >= 0.3 is 6.09 Å². The van der Waals surface area contributed by atoms with Crippen LogP contribution < -0.4 is 0 Å². The van der Waals surface area contributed by atoms with Crippen molar-refractivity contribution in [2.24, 2.45) is 5.16 Å². The van der Waals surface area contributed by atoms with Crippen LogP contribution >= 0.6 is 0 Å². The van der Waals surface area contributed by atoms with Gasteiger partial charge in [-0.15, -0.1) is 0 Å². The lowest BCUT2D eigenvalue weighted by Gasteiger charge is -2.24. The van der Waals surface area contributed by atoms with Crippen LogP contribution in [0.2, 0.25) is 0 Å². The molecule has 3 rings (SSSR count). The Morgan fingerprint density at radius 2 is 1.62 bits per heavy atom. The van der Waals surface area contributed by atoms with Crippen molar-refractivity contribution in [3.8, 4) is 0 Å². The molecule has 0 aromatic heterocycles. The van der Waals surface area contributed by atoms with Gasteiger partial charge in [-0.3, -0.25) is 4.84 Å². The molecular weight excluding hydrogens is 300 g/mol. The van der Waals surface area contributed by atoms with Gasteiger partial charge in [-0.25, -0.2) is 4.79 Å². The first-order valence-electron chi connectivity index (χ1n) is 9.35. The summed E-state index contributed by atoms with van der Waals surface area (Å²) in [5.74, 6) is 0.710. The fourth-order valence-corrected chi connectivity index (χ4v) is 3.73. The average molecular weight is 328 g/mol. The summed E-state index contributed by atoms with van der Waals surface area (Å²) in [6.45, 7) is 3.45. The first-order valence-corrected chi connectivity index (χ1v) is 9.35. The summed E-state index contributed by atoms with van der Waals surface area (Å²) in [5, 5.41) is 4.04. The number of carbonyl (C=O) groups is 1. The van der Waals surface area contributed by atoms with Gasteiger partial charge in [0.1, 0.15) is 0 Å². The Balaban J connectivity index is 1.57. The molecular formula is C20H28N2O2. The monoisotopic (exact) mass is 328 g/mol. The number of oxime groups is 1. The number of amides is 1. The van der Waals surface area contributed by atoms with Gasteiger partial charge in [0.25, 0.3) is 0 Å². The van der Waals surface area contributed by atoms with Gasteiger partial charge in [0, 0.05) is 13.1 Å². The van der Waals surface area contributed by atoms with E-state index in [1.54, 1.807) is 4.90 Å². The minimum atomic E-state index is -0.326. The van der Waals surface area contributed by atoms with Gasteiger partial charge in [0.2, 0.25) is 0 Å². The molecule has 0 spiro atoms. The summed E-state index contributed by atoms with van der Waals surface area (Å²) in [6.07, 6.45) is 9.66. The summed E-state index contributed by atoms with van der Waals surface area (Å²) >= 11 is 0. The predicted molar refractivity (Wildman–Crippen MR) is 96.4 cm³/mol. The van der Waals surface area contributed by atoms with E-state index in [0.29, 0.717) is 5.92 Å². The molecule has 1 aliphatic carbocycles. The molecule has 1 saturated carbocycles. The van der Waals surface area contributed by atoms with E-state index in [2.05, 4.69) is 29.4 Å².